The minimum absolute atomic E-state index is 0.0780. The summed E-state index contributed by atoms with van der Waals surface area (Å²) < 4.78 is 32.2. The lowest BCUT2D eigenvalue weighted by Gasteiger charge is -2.33. The van der Waals surface area contributed by atoms with Gasteiger partial charge in [0.05, 0.1) is 11.9 Å². The summed E-state index contributed by atoms with van der Waals surface area (Å²) in [4.78, 5) is 40.1. The Morgan fingerprint density at radius 2 is 1.84 bits per heavy atom. The second kappa shape index (κ2) is 12.8. The standard InChI is InChI=1S/C27H29F2N3O5S/c1-4-13-37-26(36)31-21(14-17-9-6-5-7-10-17)22(33)25(35)32-16-38-27(2,3)23(32)24(34)30-15-18-19(28)11-8-12-20(18)29/h1,5-12,21-23,33H,13-16H2,2-3H3,(H,30,34)(H,31,36). The molecule has 0 bridgehead atoms. The summed E-state index contributed by atoms with van der Waals surface area (Å²) in [5.41, 5.74) is 0.429. The highest BCUT2D eigenvalue weighted by molar-refractivity contribution is 8.00. The molecule has 0 spiro atoms. The maximum absolute atomic E-state index is 14.0. The summed E-state index contributed by atoms with van der Waals surface area (Å²) in [6, 6.07) is 10.1. The van der Waals surface area contributed by atoms with Gasteiger partial charge in [-0.2, -0.15) is 0 Å². The van der Waals surface area contributed by atoms with Crippen LogP contribution < -0.4 is 10.6 Å². The highest BCUT2D eigenvalue weighted by atomic mass is 32.2. The lowest BCUT2D eigenvalue weighted by atomic mass is 9.97. The Balaban J connectivity index is 1.79. The molecule has 0 aliphatic carbocycles. The number of thioether (sulfide) groups is 1. The van der Waals surface area contributed by atoms with Crippen LogP contribution in [0.15, 0.2) is 48.5 Å². The molecule has 3 atom stereocenters. The molecular weight excluding hydrogens is 516 g/mol. The normalized spacial score (nSPS) is 17.7. The molecule has 38 heavy (non-hydrogen) atoms. The highest BCUT2D eigenvalue weighted by Crippen LogP contribution is 2.40. The van der Waals surface area contributed by atoms with Gasteiger partial charge in [0.25, 0.3) is 5.91 Å². The van der Waals surface area contributed by atoms with Crippen molar-refractivity contribution >= 4 is 29.7 Å². The van der Waals surface area contributed by atoms with Crippen LogP contribution in [0.5, 0.6) is 0 Å². The lowest BCUT2D eigenvalue weighted by molar-refractivity contribution is -0.147. The van der Waals surface area contributed by atoms with Crippen LogP contribution in [0.1, 0.15) is 25.0 Å². The number of carbonyl (C=O) groups excluding carboxylic acids is 3. The van der Waals surface area contributed by atoms with Crippen molar-refractivity contribution in [3.63, 3.8) is 0 Å². The van der Waals surface area contributed by atoms with Crippen molar-refractivity contribution in [2.75, 3.05) is 12.5 Å². The number of hydrogen-bond acceptors (Lipinski definition) is 6. The Morgan fingerprint density at radius 1 is 1.18 bits per heavy atom. The predicted octanol–water partition coefficient (Wildman–Crippen LogP) is 2.59. The van der Waals surface area contributed by atoms with Crippen molar-refractivity contribution in [3.8, 4) is 12.3 Å². The fourth-order valence-electron chi connectivity index (χ4n) is 4.14. The second-order valence-corrected chi connectivity index (χ2v) is 10.8. The van der Waals surface area contributed by atoms with Gasteiger partial charge in [0.2, 0.25) is 5.91 Å². The molecule has 0 aromatic heterocycles. The third-order valence-corrected chi connectivity index (χ3v) is 7.48. The maximum atomic E-state index is 14.0. The van der Waals surface area contributed by atoms with E-state index in [1.807, 2.05) is 0 Å². The zero-order valence-electron chi connectivity index (χ0n) is 20.9. The summed E-state index contributed by atoms with van der Waals surface area (Å²) in [5.74, 6) is -0.799. The van der Waals surface area contributed by atoms with E-state index in [0.29, 0.717) is 0 Å². The SMILES string of the molecule is C#CCOC(=O)NC(Cc1ccccc1)C(O)C(=O)N1CSC(C)(C)C1C(=O)NCc1c(F)cccc1F. The van der Waals surface area contributed by atoms with Crippen LogP contribution in [0.3, 0.4) is 0 Å². The Hall–Kier alpha value is -3.62. The monoisotopic (exact) mass is 545 g/mol. The largest absolute Gasteiger partial charge is 0.436 e. The zero-order valence-corrected chi connectivity index (χ0v) is 21.8. The summed E-state index contributed by atoms with van der Waals surface area (Å²) >= 11 is 1.31. The maximum Gasteiger partial charge on any atom is 0.408 e. The smallest absolute Gasteiger partial charge is 0.408 e. The van der Waals surface area contributed by atoms with E-state index in [4.69, 9.17) is 11.2 Å². The van der Waals surface area contributed by atoms with Crippen LogP contribution in [-0.2, 0) is 27.3 Å². The quantitative estimate of drug-likeness (QED) is 0.418. The van der Waals surface area contributed by atoms with Gasteiger partial charge in [0.15, 0.2) is 12.7 Å². The molecule has 1 aliphatic heterocycles. The van der Waals surface area contributed by atoms with E-state index < -0.39 is 59.0 Å². The number of amides is 3. The van der Waals surface area contributed by atoms with E-state index in [2.05, 4.69) is 16.6 Å². The number of ether oxygens (including phenoxy) is 1. The Bertz CT molecular complexity index is 1180. The summed E-state index contributed by atoms with van der Waals surface area (Å²) in [6.07, 6.45) is 2.57. The summed E-state index contributed by atoms with van der Waals surface area (Å²) in [5, 5.41) is 16.1. The van der Waals surface area contributed by atoms with Crippen molar-refractivity contribution in [1.29, 1.82) is 0 Å². The van der Waals surface area contributed by atoms with E-state index in [1.165, 1.54) is 22.7 Å². The number of nitrogens with one attached hydrogen (secondary N) is 2. The molecule has 0 saturated carbocycles. The molecule has 3 unspecified atom stereocenters. The van der Waals surface area contributed by atoms with Crippen LogP contribution >= 0.6 is 11.8 Å². The van der Waals surface area contributed by atoms with Gasteiger partial charge in [-0.25, -0.2) is 13.6 Å². The molecule has 2 aromatic carbocycles. The molecule has 1 aliphatic rings. The molecule has 3 amide bonds. The Labute approximate surface area is 224 Å². The van der Waals surface area contributed by atoms with Gasteiger partial charge in [-0.1, -0.05) is 42.3 Å². The molecule has 2 aromatic rings. The fraction of sp³-hybridized carbons (Fsp3) is 0.370. The first-order chi connectivity index (χ1) is 18.0. The van der Waals surface area contributed by atoms with Crippen molar-refractivity contribution in [3.05, 3.63) is 71.3 Å². The molecule has 202 valence electrons. The van der Waals surface area contributed by atoms with E-state index >= 15 is 0 Å². The number of aliphatic hydroxyl groups is 1. The number of benzene rings is 2. The molecular formula is C27H29F2N3O5S. The van der Waals surface area contributed by atoms with Crippen LogP contribution in [0.4, 0.5) is 13.6 Å². The van der Waals surface area contributed by atoms with Gasteiger partial charge in [-0.15, -0.1) is 18.2 Å². The van der Waals surface area contributed by atoms with Crippen LogP contribution in [-0.4, -0.2) is 63.3 Å². The van der Waals surface area contributed by atoms with Gasteiger partial charge in [-0.05, 0) is 38.0 Å². The molecule has 0 radical (unpaired) electrons. The molecule has 1 heterocycles. The van der Waals surface area contributed by atoms with Crippen molar-refractivity contribution in [2.24, 2.45) is 0 Å². The molecule has 1 saturated heterocycles. The first-order valence-corrected chi connectivity index (χ1v) is 12.8. The van der Waals surface area contributed by atoms with Gasteiger partial charge in [0, 0.05) is 16.9 Å². The van der Waals surface area contributed by atoms with E-state index in [-0.39, 0.29) is 24.5 Å². The third kappa shape index (κ3) is 7.02. The second-order valence-electron chi connectivity index (χ2n) is 9.17. The minimum atomic E-state index is -1.73. The average Bonchev–Trinajstić information content (AvgIpc) is 3.21. The number of rotatable bonds is 9. The third-order valence-electron chi connectivity index (χ3n) is 6.10. The predicted molar refractivity (Wildman–Crippen MR) is 139 cm³/mol. The number of terminal acetylenes is 1. The van der Waals surface area contributed by atoms with E-state index in [1.54, 1.807) is 44.2 Å². The molecule has 3 rings (SSSR count). The molecule has 1 fully saturated rings. The Kier molecular flexibility index (Phi) is 9.72. The number of halogens is 2. The molecule has 8 nitrogen and oxygen atoms in total. The van der Waals surface area contributed by atoms with Gasteiger partial charge >= 0.3 is 6.09 Å². The molecule has 11 heteroatoms. The fourth-order valence-corrected chi connectivity index (χ4v) is 5.28. The van der Waals surface area contributed by atoms with Crippen molar-refractivity contribution in [2.45, 2.75) is 49.7 Å². The van der Waals surface area contributed by atoms with E-state index in [0.717, 1.165) is 17.7 Å². The van der Waals surface area contributed by atoms with Gasteiger partial charge in [0.1, 0.15) is 17.7 Å². The summed E-state index contributed by atoms with van der Waals surface area (Å²) in [7, 11) is 0. The number of nitrogens with zero attached hydrogens (tertiary/aromatic N) is 1. The number of carbonyl (C=O) groups is 3. The van der Waals surface area contributed by atoms with Crippen LogP contribution in [0.2, 0.25) is 0 Å². The number of aliphatic hydroxyl groups excluding tert-OH is 1. The van der Waals surface area contributed by atoms with Crippen LogP contribution in [0, 0.1) is 24.0 Å². The van der Waals surface area contributed by atoms with E-state index in [9.17, 15) is 28.3 Å². The van der Waals surface area contributed by atoms with Crippen molar-refractivity contribution in [1.82, 2.24) is 15.5 Å². The average molecular weight is 546 g/mol. The number of alkyl carbamates (subject to hydrolysis) is 1. The van der Waals surface area contributed by atoms with Gasteiger partial charge < -0.3 is 25.4 Å². The van der Waals surface area contributed by atoms with Gasteiger partial charge in [-0.3, -0.25) is 9.59 Å². The lowest BCUT2D eigenvalue weighted by Crippen LogP contribution is -2.58. The number of hydrogen-bond donors (Lipinski definition) is 3. The zero-order chi connectivity index (χ0) is 27.9. The van der Waals surface area contributed by atoms with Crippen LogP contribution in [0.25, 0.3) is 0 Å². The first-order valence-electron chi connectivity index (χ1n) is 11.8. The highest BCUT2D eigenvalue weighted by Gasteiger charge is 2.49. The topological polar surface area (TPSA) is 108 Å². The minimum Gasteiger partial charge on any atom is -0.436 e. The first kappa shape index (κ1) is 28.9. The summed E-state index contributed by atoms with van der Waals surface area (Å²) in [6.45, 7) is 2.79. The molecule has 3 N–H and O–H groups in total. The van der Waals surface area contributed by atoms with Crippen molar-refractivity contribution < 1.29 is 33.0 Å². The Morgan fingerprint density at radius 3 is 2.47 bits per heavy atom.